The lowest BCUT2D eigenvalue weighted by atomic mass is 10.0. The fraction of sp³-hybridized carbons (Fsp3) is 0.481. The largest absolute Gasteiger partial charge is 0.433 e. The van der Waals surface area contributed by atoms with Crippen LogP contribution in [0.15, 0.2) is 30.5 Å². The molecule has 0 saturated heterocycles. The van der Waals surface area contributed by atoms with Gasteiger partial charge in [0.2, 0.25) is 5.95 Å². The van der Waals surface area contributed by atoms with Gasteiger partial charge < -0.3 is 11.5 Å². The van der Waals surface area contributed by atoms with E-state index >= 15 is 0 Å². The van der Waals surface area contributed by atoms with Crippen LogP contribution in [0.4, 0.5) is 38.1 Å². The van der Waals surface area contributed by atoms with Crippen LogP contribution in [-0.2, 0) is 12.4 Å². The van der Waals surface area contributed by atoms with Crippen molar-refractivity contribution in [3.8, 4) is 0 Å². The standard InChI is InChI=1S/C10H12F3N.C9H14N2.C8H10F3N3/c1-6(2)8-5-4-7(3)14-9(8)10(11,12)13;1-6(2)8-4-5-9(10)11-7(8)3;1-4(2)5-3-13-7(12)14-6(5)8(9,10)11/h4-6H,1-3H3;4-6H,1-3H3,(H2,10,11);3-4H,1-2H3,(H2,12,13,14). The van der Waals surface area contributed by atoms with Crippen LogP contribution >= 0.6 is 0 Å². The highest BCUT2D eigenvalue weighted by atomic mass is 19.4. The van der Waals surface area contributed by atoms with Crippen molar-refractivity contribution in [2.24, 2.45) is 0 Å². The summed E-state index contributed by atoms with van der Waals surface area (Å²) in [5, 5.41) is 0. The number of pyridine rings is 2. The van der Waals surface area contributed by atoms with Crippen LogP contribution in [0.1, 0.15) is 98.8 Å². The van der Waals surface area contributed by atoms with Crippen molar-refractivity contribution in [2.45, 2.75) is 85.5 Å². The lowest BCUT2D eigenvalue weighted by molar-refractivity contribution is -0.142. The molecule has 216 valence electrons. The first-order valence-electron chi connectivity index (χ1n) is 12.2. The minimum Gasteiger partial charge on any atom is -0.384 e. The monoisotopic (exact) mass is 558 g/mol. The number of rotatable bonds is 3. The summed E-state index contributed by atoms with van der Waals surface area (Å²) in [5.41, 5.74) is 11.9. The summed E-state index contributed by atoms with van der Waals surface area (Å²) in [5.74, 6) is 0.323. The zero-order valence-electron chi connectivity index (χ0n) is 23.3. The van der Waals surface area contributed by atoms with Gasteiger partial charge in [0.05, 0.1) is 0 Å². The second kappa shape index (κ2) is 13.6. The Labute approximate surface area is 225 Å². The van der Waals surface area contributed by atoms with Gasteiger partial charge in [-0.25, -0.2) is 19.9 Å². The molecule has 0 radical (unpaired) electrons. The Morgan fingerprint density at radius 3 is 1.51 bits per heavy atom. The smallest absolute Gasteiger partial charge is 0.384 e. The minimum atomic E-state index is -4.48. The summed E-state index contributed by atoms with van der Waals surface area (Å²) in [4.78, 5) is 14.5. The highest BCUT2D eigenvalue weighted by Gasteiger charge is 2.37. The predicted octanol–water partition coefficient (Wildman–Crippen LogP) is 7.83. The topological polar surface area (TPSA) is 104 Å². The molecular formula is C27H36F6N6. The highest BCUT2D eigenvalue weighted by molar-refractivity contribution is 5.35. The van der Waals surface area contributed by atoms with Crippen LogP contribution in [0.5, 0.6) is 0 Å². The molecule has 0 aliphatic heterocycles. The lowest BCUT2D eigenvalue weighted by Gasteiger charge is -2.14. The van der Waals surface area contributed by atoms with Crippen molar-refractivity contribution in [2.75, 3.05) is 11.5 Å². The molecule has 6 nitrogen and oxygen atoms in total. The molecule has 3 heterocycles. The zero-order chi connectivity index (χ0) is 30.3. The minimum absolute atomic E-state index is 0.0618. The number of anilines is 2. The zero-order valence-corrected chi connectivity index (χ0v) is 23.3. The fourth-order valence-electron chi connectivity index (χ4n) is 3.52. The third kappa shape index (κ3) is 10.3. The van der Waals surface area contributed by atoms with Gasteiger partial charge in [0.1, 0.15) is 11.5 Å². The molecule has 0 spiro atoms. The summed E-state index contributed by atoms with van der Waals surface area (Å²) < 4.78 is 74.9. The molecule has 0 fully saturated rings. The molecular weight excluding hydrogens is 522 g/mol. The van der Waals surface area contributed by atoms with Gasteiger partial charge in [-0.1, -0.05) is 53.7 Å². The van der Waals surface area contributed by atoms with Crippen LogP contribution in [-0.4, -0.2) is 19.9 Å². The number of aryl methyl sites for hydroxylation is 2. The average Bonchev–Trinajstić information content (AvgIpc) is 2.78. The molecule has 0 aliphatic rings. The SMILES string of the molecule is CC(C)c1cnc(N)nc1C(F)(F)F.Cc1ccc(C(C)C)c(C(F)(F)F)n1.Cc1nc(N)ccc1C(C)C. The first kappa shape index (κ1) is 33.6. The summed E-state index contributed by atoms with van der Waals surface area (Å²) in [6.45, 7) is 14.6. The van der Waals surface area contributed by atoms with E-state index in [-0.39, 0.29) is 28.9 Å². The van der Waals surface area contributed by atoms with E-state index in [1.807, 2.05) is 19.1 Å². The Hall–Kier alpha value is -3.44. The summed E-state index contributed by atoms with van der Waals surface area (Å²) in [7, 11) is 0. The number of hydrogen-bond acceptors (Lipinski definition) is 6. The number of halogens is 6. The normalized spacial score (nSPS) is 11.7. The molecule has 12 heteroatoms. The number of aromatic nitrogens is 4. The molecule has 4 N–H and O–H groups in total. The van der Waals surface area contributed by atoms with Crippen LogP contribution in [0, 0.1) is 13.8 Å². The van der Waals surface area contributed by atoms with E-state index in [0.717, 1.165) is 11.9 Å². The van der Waals surface area contributed by atoms with Crippen molar-refractivity contribution in [3.63, 3.8) is 0 Å². The van der Waals surface area contributed by atoms with Gasteiger partial charge in [-0.3, -0.25) is 0 Å². The average molecular weight is 559 g/mol. The molecule has 0 saturated carbocycles. The first-order valence-corrected chi connectivity index (χ1v) is 12.2. The van der Waals surface area contributed by atoms with Gasteiger partial charge in [-0.15, -0.1) is 0 Å². The molecule has 3 aromatic rings. The van der Waals surface area contributed by atoms with Crippen LogP contribution in [0.25, 0.3) is 0 Å². The van der Waals surface area contributed by atoms with E-state index in [0.29, 0.717) is 17.4 Å². The van der Waals surface area contributed by atoms with E-state index in [4.69, 9.17) is 11.5 Å². The first-order chi connectivity index (χ1) is 17.7. The Morgan fingerprint density at radius 1 is 0.615 bits per heavy atom. The number of nitrogens with two attached hydrogens (primary N) is 2. The predicted molar refractivity (Wildman–Crippen MR) is 141 cm³/mol. The molecule has 3 rings (SSSR count). The molecule has 3 aromatic heterocycles. The van der Waals surface area contributed by atoms with E-state index in [9.17, 15) is 26.3 Å². The molecule has 0 aliphatic carbocycles. The number of hydrogen-bond donors (Lipinski definition) is 2. The highest BCUT2D eigenvalue weighted by Crippen LogP contribution is 2.34. The van der Waals surface area contributed by atoms with Crippen molar-refractivity contribution < 1.29 is 26.3 Å². The number of nitrogen functional groups attached to an aromatic ring is 2. The van der Waals surface area contributed by atoms with Gasteiger partial charge in [-0.2, -0.15) is 26.3 Å². The van der Waals surface area contributed by atoms with Crippen molar-refractivity contribution in [3.05, 3.63) is 69.9 Å². The van der Waals surface area contributed by atoms with E-state index in [2.05, 4.69) is 33.8 Å². The van der Waals surface area contributed by atoms with E-state index < -0.39 is 23.7 Å². The van der Waals surface area contributed by atoms with Crippen LogP contribution < -0.4 is 11.5 Å². The molecule has 0 atom stereocenters. The number of alkyl halides is 6. The maximum absolute atomic E-state index is 12.5. The van der Waals surface area contributed by atoms with Gasteiger partial charge in [0.25, 0.3) is 0 Å². The molecule has 0 amide bonds. The molecule has 0 bridgehead atoms. The van der Waals surface area contributed by atoms with E-state index in [1.54, 1.807) is 40.7 Å². The summed E-state index contributed by atoms with van der Waals surface area (Å²) in [6, 6.07) is 6.99. The van der Waals surface area contributed by atoms with Crippen molar-refractivity contribution in [1.82, 2.24) is 19.9 Å². The summed E-state index contributed by atoms with van der Waals surface area (Å²) in [6.07, 6.45) is -7.71. The van der Waals surface area contributed by atoms with Gasteiger partial charge in [-0.05, 0) is 54.9 Å². The van der Waals surface area contributed by atoms with Gasteiger partial charge in [0, 0.05) is 23.1 Å². The van der Waals surface area contributed by atoms with Gasteiger partial charge in [0.15, 0.2) is 5.69 Å². The quantitative estimate of drug-likeness (QED) is 0.318. The fourth-order valence-corrected chi connectivity index (χ4v) is 3.52. The molecule has 39 heavy (non-hydrogen) atoms. The molecule has 0 unspecified atom stereocenters. The molecule has 0 aromatic carbocycles. The van der Waals surface area contributed by atoms with Crippen molar-refractivity contribution in [1.29, 1.82) is 0 Å². The second-order valence-electron chi connectivity index (χ2n) is 9.79. The van der Waals surface area contributed by atoms with Crippen LogP contribution in [0.3, 0.4) is 0 Å². The lowest BCUT2D eigenvalue weighted by Crippen LogP contribution is -2.15. The van der Waals surface area contributed by atoms with Crippen molar-refractivity contribution >= 4 is 11.8 Å². The Bertz CT molecular complexity index is 1150. The second-order valence-corrected chi connectivity index (χ2v) is 9.79. The Balaban J connectivity index is 0.000000295. The van der Waals surface area contributed by atoms with E-state index in [1.165, 1.54) is 11.6 Å². The third-order valence-electron chi connectivity index (χ3n) is 5.45. The third-order valence-corrected chi connectivity index (χ3v) is 5.45. The van der Waals surface area contributed by atoms with Gasteiger partial charge >= 0.3 is 12.4 Å². The summed E-state index contributed by atoms with van der Waals surface area (Å²) >= 11 is 0. The Morgan fingerprint density at radius 2 is 1.08 bits per heavy atom. The Kier molecular flexibility index (Phi) is 11.7. The maximum Gasteiger partial charge on any atom is 0.433 e. The van der Waals surface area contributed by atoms with Crippen LogP contribution in [0.2, 0.25) is 0 Å². The number of nitrogens with zero attached hydrogens (tertiary/aromatic N) is 4. The maximum atomic E-state index is 12.5.